The van der Waals surface area contributed by atoms with Crippen molar-refractivity contribution >= 4 is 32.3 Å². The molecule has 0 radical (unpaired) electrons. The van der Waals surface area contributed by atoms with Crippen LogP contribution in [0.15, 0.2) is 74.1 Å². The second kappa shape index (κ2) is 7.46. The van der Waals surface area contributed by atoms with Crippen LogP contribution in [0.5, 0.6) is 0 Å². The molecule has 0 N–H and O–H groups in total. The van der Waals surface area contributed by atoms with Crippen molar-refractivity contribution in [3.8, 4) is 21.8 Å². The van der Waals surface area contributed by atoms with E-state index in [0.717, 1.165) is 23.8 Å². The van der Waals surface area contributed by atoms with Crippen molar-refractivity contribution in [3.05, 3.63) is 70.4 Å². The van der Waals surface area contributed by atoms with Gasteiger partial charge >= 0.3 is 5.63 Å². The van der Waals surface area contributed by atoms with Crippen LogP contribution in [-0.4, -0.2) is 30.8 Å². The second-order valence-electron chi connectivity index (χ2n) is 7.16. The van der Waals surface area contributed by atoms with Crippen molar-refractivity contribution in [2.75, 3.05) is 13.1 Å². The molecule has 1 saturated heterocycles. The molecule has 5 rings (SSSR count). The Morgan fingerprint density at radius 3 is 2.50 bits per heavy atom. The number of rotatable bonds is 4. The summed E-state index contributed by atoms with van der Waals surface area (Å²) in [5, 5.41) is 3.26. The molecule has 152 valence electrons. The molecule has 0 amide bonds. The minimum Gasteiger partial charge on any atom is -0.422 e. The van der Waals surface area contributed by atoms with Gasteiger partial charge in [-0.2, -0.15) is 4.31 Å². The zero-order valence-electron chi connectivity index (χ0n) is 15.9. The number of benzene rings is 2. The Morgan fingerprint density at radius 1 is 1.00 bits per heavy atom. The fourth-order valence-corrected chi connectivity index (χ4v) is 5.97. The highest BCUT2D eigenvalue weighted by molar-refractivity contribution is 7.89. The van der Waals surface area contributed by atoms with E-state index in [1.807, 2.05) is 23.6 Å². The Bertz CT molecular complexity index is 1380. The fourth-order valence-electron chi connectivity index (χ4n) is 3.62. The van der Waals surface area contributed by atoms with Gasteiger partial charge in [-0.15, -0.1) is 11.3 Å². The lowest BCUT2D eigenvalue weighted by Crippen LogP contribution is -2.27. The van der Waals surface area contributed by atoms with E-state index in [-0.39, 0.29) is 0 Å². The van der Waals surface area contributed by atoms with E-state index in [0.29, 0.717) is 39.8 Å². The first-order chi connectivity index (χ1) is 14.5. The van der Waals surface area contributed by atoms with Crippen LogP contribution in [0.3, 0.4) is 0 Å². The van der Waals surface area contributed by atoms with Crippen molar-refractivity contribution < 1.29 is 12.8 Å². The van der Waals surface area contributed by atoms with Gasteiger partial charge in [0, 0.05) is 29.4 Å². The summed E-state index contributed by atoms with van der Waals surface area (Å²) in [6, 6.07) is 15.9. The summed E-state index contributed by atoms with van der Waals surface area (Å²) in [7, 11) is -3.44. The normalized spacial score (nSPS) is 15.1. The quantitative estimate of drug-likeness (QED) is 0.442. The van der Waals surface area contributed by atoms with Crippen LogP contribution in [0.25, 0.3) is 32.8 Å². The summed E-state index contributed by atoms with van der Waals surface area (Å²) in [6.45, 7) is 1.15. The number of hydrogen-bond donors (Lipinski definition) is 0. The lowest BCUT2D eigenvalue weighted by Gasteiger charge is -2.15. The van der Waals surface area contributed by atoms with Gasteiger partial charge in [0.05, 0.1) is 16.2 Å². The zero-order chi connectivity index (χ0) is 20.7. The molecule has 6 nitrogen and oxygen atoms in total. The van der Waals surface area contributed by atoms with E-state index < -0.39 is 15.6 Å². The van der Waals surface area contributed by atoms with Gasteiger partial charge in [-0.1, -0.05) is 30.3 Å². The molecule has 0 aliphatic carbocycles. The summed E-state index contributed by atoms with van der Waals surface area (Å²) in [4.78, 5) is 17.3. The van der Waals surface area contributed by atoms with Crippen LogP contribution in [0.1, 0.15) is 12.8 Å². The molecule has 4 aromatic rings. The smallest absolute Gasteiger partial charge is 0.346 e. The Kier molecular flexibility index (Phi) is 4.77. The van der Waals surface area contributed by atoms with Crippen molar-refractivity contribution in [2.45, 2.75) is 17.7 Å². The maximum absolute atomic E-state index is 12.7. The van der Waals surface area contributed by atoms with Gasteiger partial charge in [0.1, 0.15) is 10.6 Å². The zero-order valence-corrected chi connectivity index (χ0v) is 17.6. The van der Waals surface area contributed by atoms with E-state index in [2.05, 4.69) is 4.98 Å². The van der Waals surface area contributed by atoms with Crippen LogP contribution < -0.4 is 5.63 Å². The number of hydrogen-bond acceptors (Lipinski definition) is 6. The Balaban J connectivity index is 1.46. The van der Waals surface area contributed by atoms with Crippen molar-refractivity contribution in [1.82, 2.24) is 9.29 Å². The van der Waals surface area contributed by atoms with Gasteiger partial charge in [-0.05, 0) is 37.1 Å². The second-order valence-corrected chi connectivity index (χ2v) is 9.95. The first-order valence-corrected chi connectivity index (χ1v) is 11.9. The Hall–Kier alpha value is -2.81. The summed E-state index contributed by atoms with van der Waals surface area (Å²) in [6.07, 6.45) is 1.81. The number of aromatic nitrogens is 1. The van der Waals surface area contributed by atoms with E-state index in [4.69, 9.17) is 4.42 Å². The molecule has 30 heavy (non-hydrogen) atoms. The summed E-state index contributed by atoms with van der Waals surface area (Å²) in [5.41, 5.74) is 2.01. The maximum atomic E-state index is 12.7. The molecule has 3 heterocycles. The topological polar surface area (TPSA) is 80.5 Å². The van der Waals surface area contributed by atoms with Gasteiger partial charge < -0.3 is 4.42 Å². The molecule has 0 unspecified atom stereocenters. The number of para-hydroxylation sites is 1. The molecule has 0 spiro atoms. The fraction of sp³-hybridized carbons (Fsp3) is 0.182. The highest BCUT2D eigenvalue weighted by atomic mass is 32.2. The van der Waals surface area contributed by atoms with E-state index >= 15 is 0 Å². The molecule has 8 heteroatoms. The highest BCUT2D eigenvalue weighted by Crippen LogP contribution is 2.30. The van der Waals surface area contributed by atoms with Gasteiger partial charge in [0.2, 0.25) is 10.0 Å². The van der Waals surface area contributed by atoms with Crippen molar-refractivity contribution in [2.24, 2.45) is 0 Å². The third-order valence-electron chi connectivity index (χ3n) is 5.23. The van der Waals surface area contributed by atoms with Crippen LogP contribution in [0, 0.1) is 0 Å². The minimum atomic E-state index is -3.44. The number of fused-ring (bicyclic) bond motifs is 1. The first kappa shape index (κ1) is 19.2. The lowest BCUT2D eigenvalue weighted by molar-refractivity contribution is 0.477. The molecule has 1 fully saturated rings. The molecule has 0 atom stereocenters. The third-order valence-corrected chi connectivity index (χ3v) is 8.02. The standard InChI is InChI=1S/C22H18N2O4S2/c25-22-18(13-16-5-1-2-6-20(16)28-22)21-23-19(14-29-21)15-7-9-17(10-8-15)30(26,27)24-11-3-4-12-24/h1-2,5-10,13-14H,3-4,11-12H2. The minimum absolute atomic E-state index is 0.291. The SMILES string of the molecule is O=c1oc2ccccc2cc1-c1nc(-c2ccc(S(=O)(=O)N3CCCC3)cc2)cs1. The summed E-state index contributed by atoms with van der Waals surface area (Å²) < 4.78 is 32.3. The van der Waals surface area contributed by atoms with Gasteiger partial charge in [-0.3, -0.25) is 0 Å². The lowest BCUT2D eigenvalue weighted by atomic mass is 10.1. The Morgan fingerprint density at radius 2 is 1.73 bits per heavy atom. The van der Waals surface area contributed by atoms with Gasteiger partial charge in [-0.25, -0.2) is 18.2 Å². The van der Waals surface area contributed by atoms with Crippen molar-refractivity contribution in [1.29, 1.82) is 0 Å². The summed E-state index contributed by atoms with van der Waals surface area (Å²) >= 11 is 1.35. The molecular weight excluding hydrogens is 420 g/mol. The van der Waals surface area contributed by atoms with Gasteiger partial charge in [0.25, 0.3) is 0 Å². The molecule has 0 bridgehead atoms. The van der Waals surface area contributed by atoms with Crippen LogP contribution in [-0.2, 0) is 10.0 Å². The largest absolute Gasteiger partial charge is 0.422 e. The molecular formula is C22H18N2O4S2. The van der Waals surface area contributed by atoms with E-state index in [1.54, 1.807) is 36.4 Å². The molecule has 2 aromatic carbocycles. The molecule has 0 saturated carbocycles. The maximum Gasteiger partial charge on any atom is 0.346 e. The van der Waals surface area contributed by atoms with E-state index in [1.165, 1.54) is 15.6 Å². The molecule has 1 aliphatic rings. The van der Waals surface area contributed by atoms with Crippen LogP contribution in [0.4, 0.5) is 0 Å². The molecule has 2 aromatic heterocycles. The highest BCUT2D eigenvalue weighted by Gasteiger charge is 2.27. The average molecular weight is 439 g/mol. The Labute approximate surface area is 177 Å². The number of sulfonamides is 1. The predicted octanol–water partition coefficient (Wildman–Crippen LogP) is 4.37. The number of thiazole rings is 1. The van der Waals surface area contributed by atoms with Crippen molar-refractivity contribution in [3.63, 3.8) is 0 Å². The molecule has 1 aliphatic heterocycles. The predicted molar refractivity (Wildman–Crippen MR) is 117 cm³/mol. The van der Waals surface area contributed by atoms with Crippen LogP contribution in [0.2, 0.25) is 0 Å². The first-order valence-electron chi connectivity index (χ1n) is 9.62. The van der Waals surface area contributed by atoms with Gasteiger partial charge in [0.15, 0.2) is 0 Å². The van der Waals surface area contributed by atoms with Crippen LogP contribution >= 0.6 is 11.3 Å². The summed E-state index contributed by atoms with van der Waals surface area (Å²) in [5.74, 6) is 0. The monoisotopic (exact) mass is 438 g/mol. The third kappa shape index (κ3) is 3.36. The average Bonchev–Trinajstić information content (AvgIpc) is 3.46. The van der Waals surface area contributed by atoms with E-state index in [9.17, 15) is 13.2 Å². The number of nitrogens with zero attached hydrogens (tertiary/aromatic N) is 2.